The summed E-state index contributed by atoms with van der Waals surface area (Å²) >= 11 is 3.19. The maximum Gasteiger partial charge on any atom is 0.407 e. The van der Waals surface area contributed by atoms with Crippen LogP contribution in [-0.2, 0) is 6.54 Å². The molecule has 0 amide bonds. The molecule has 0 saturated carbocycles. The minimum absolute atomic E-state index is 0.0539. The third-order valence-electron chi connectivity index (χ3n) is 2.96. The highest BCUT2D eigenvalue weighted by Gasteiger charge is 2.39. The lowest BCUT2D eigenvalue weighted by Crippen LogP contribution is -2.28. The van der Waals surface area contributed by atoms with Crippen molar-refractivity contribution >= 4 is 27.0 Å². The molecule has 0 unspecified atom stereocenters. The standard InChI is InChI=1S/C13H15BrF3N3O/c1-12(2,21)6-20-5-8(10(18)13(15,16)17)7-3-4-9(14)19-11(7)20/h3-5,10,21H,6,18H2,1-2H3/t10-/m0/s1. The Morgan fingerprint density at radius 1 is 1.38 bits per heavy atom. The molecule has 8 heteroatoms. The van der Waals surface area contributed by atoms with Gasteiger partial charge in [-0.05, 0) is 41.9 Å². The fourth-order valence-electron chi connectivity index (χ4n) is 2.13. The lowest BCUT2D eigenvalue weighted by atomic mass is 10.1. The van der Waals surface area contributed by atoms with Gasteiger partial charge < -0.3 is 15.4 Å². The fourth-order valence-corrected chi connectivity index (χ4v) is 2.43. The van der Waals surface area contributed by atoms with Crippen molar-refractivity contribution in [3.8, 4) is 0 Å². The number of aliphatic hydroxyl groups is 1. The summed E-state index contributed by atoms with van der Waals surface area (Å²) in [7, 11) is 0. The zero-order valence-electron chi connectivity index (χ0n) is 11.4. The molecular formula is C13H15BrF3N3O. The van der Waals surface area contributed by atoms with Gasteiger partial charge in [0.2, 0.25) is 0 Å². The molecule has 0 aliphatic rings. The average Bonchev–Trinajstić information content (AvgIpc) is 2.63. The number of hydrogen-bond donors (Lipinski definition) is 2. The highest BCUT2D eigenvalue weighted by molar-refractivity contribution is 9.10. The number of hydrogen-bond acceptors (Lipinski definition) is 3. The number of halogens is 4. The molecule has 0 spiro atoms. The maximum atomic E-state index is 12.9. The first-order chi connectivity index (χ1) is 9.49. The van der Waals surface area contributed by atoms with Crippen molar-refractivity contribution in [1.29, 1.82) is 0 Å². The van der Waals surface area contributed by atoms with Gasteiger partial charge in [-0.3, -0.25) is 0 Å². The smallest absolute Gasteiger partial charge is 0.389 e. The predicted molar refractivity (Wildman–Crippen MR) is 76.7 cm³/mol. The topological polar surface area (TPSA) is 64.1 Å². The van der Waals surface area contributed by atoms with Crippen molar-refractivity contribution in [3.05, 3.63) is 28.5 Å². The summed E-state index contributed by atoms with van der Waals surface area (Å²) in [6, 6.07) is 1.00. The number of aromatic nitrogens is 2. The fraction of sp³-hybridized carbons (Fsp3) is 0.462. The van der Waals surface area contributed by atoms with Gasteiger partial charge in [-0.15, -0.1) is 0 Å². The third kappa shape index (κ3) is 3.56. The van der Waals surface area contributed by atoms with Crippen molar-refractivity contribution in [2.75, 3.05) is 0 Å². The minimum Gasteiger partial charge on any atom is -0.389 e. The number of rotatable bonds is 3. The molecule has 0 radical (unpaired) electrons. The van der Waals surface area contributed by atoms with Crippen LogP contribution in [0.5, 0.6) is 0 Å². The van der Waals surface area contributed by atoms with E-state index < -0.39 is 17.8 Å². The van der Waals surface area contributed by atoms with E-state index >= 15 is 0 Å². The van der Waals surface area contributed by atoms with Crippen LogP contribution in [0.3, 0.4) is 0 Å². The minimum atomic E-state index is -4.54. The Morgan fingerprint density at radius 3 is 2.52 bits per heavy atom. The molecule has 21 heavy (non-hydrogen) atoms. The van der Waals surface area contributed by atoms with E-state index in [4.69, 9.17) is 5.73 Å². The van der Waals surface area contributed by atoms with Crippen molar-refractivity contribution < 1.29 is 18.3 Å². The summed E-state index contributed by atoms with van der Waals surface area (Å²) in [5.74, 6) is 0. The van der Waals surface area contributed by atoms with Gasteiger partial charge in [-0.25, -0.2) is 4.98 Å². The molecule has 2 rings (SSSR count). The first-order valence-corrected chi connectivity index (χ1v) is 6.98. The van der Waals surface area contributed by atoms with E-state index in [-0.39, 0.29) is 12.1 Å². The van der Waals surface area contributed by atoms with Crippen LogP contribution >= 0.6 is 15.9 Å². The molecule has 116 valence electrons. The first-order valence-electron chi connectivity index (χ1n) is 6.19. The van der Waals surface area contributed by atoms with Crippen LogP contribution in [0.15, 0.2) is 22.9 Å². The van der Waals surface area contributed by atoms with Crippen LogP contribution in [0.25, 0.3) is 11.0 Å². The zero-order valence-corrected chi connectivity index (χ0v) is 13.0. The maximum absolute atomic E-state index is 12.9. The van der Waals surface area contributed by atoms with E-state index in [2.05, 4.69) is 20.9 Å². The van der Waals surface area contributed by atoms with Crippen LogP contribution in [0.2, 0.25) is 0 Å². The average molecular weight is 366 g/mol. The summed E-state index contributed by atoms with van der Waals surface area (Å²) in [5, 5.41) is 10.2. The molecule has 0 bridgehead atoms. The first kappa shape index (κ1) is 16.3. The molecule has 0 fully saturated rings. The second kappa shape index (κ2) is 5.26. The quantitative estimate of drug-likeness (QED) is 0.821. The zero-order chi connectivity index (χ0) is 16.0. The Hall–Kier alpha value is -1.12. The molecule has 2 heterocycles. The molecule has 0 aliphatic heterocycles. The Kier molecular flexibility index (Phi) is 4.07. The monoisotopic (exact) mass is 365 g/mol. The van der Waals surface area contributed by atoms with Crippen molar-refractivity contribution in [2.24, 2.45) is 5.73 Å². The number of nitrogens with two attached hydrogens (primary N) is 1. The summed E-state index contributed by atoms with van der Waals surface area (Å²) in [4.78, 5) is 4.19. The highest BCUT2D eigenvalue weighted by Crippen LogP contribution is 2.35. The molecule has 0 aliphatic carbocycles. The SMILES string of the molecule is CC(C)(O)Cn1cc([C@H](N)C(F)(F)F)c2ccc(Br)nc21. The van der Waals surface area contributed by atoms with Crippen molar-refractivity contribution in [3.63, 3.8) is 0 Å². The van der Waals surface area contributed by atoms with E-state index in [1.165, 1.54) is 16.8 Å². The summed E-state index contributed by atoms with van der Waals surface area (Å²) in [5.41, 5.74) is 4.52. The number of alkyl halides is 3. The molecule has 1 atom stereocenters. The molecule has 0 saturated heterocycles. The van der Waals surface area contributed by atoms with Gasteiger partial charge in [0.25, 0.3) is 0 Å². The second-order valence-electron chi connectivity index (χ2n) is 5.55. The normalized spacial score (nSPS) is 14.7. The van der Waals surface area contributed by atoms with Gasteiger partial charge in [0.05, 0.1) is 12.1 Å². The summed E-state index contributed by atoms with van der Waals surface area (Å²) in [6.45, 7) is 3.25. The van der Waals surface area contributed by atoms with E-state index in [0.717, 1.165) is 0 Å². The Bertz CT molecular complexity index is 661. The Morgan fingerprint density at radius 2 is 2.00 bits per heavy atom. The van der Waals surface area contributed by atoms with Crippen LogP contribution in [0.1, 0.15) is 25.5 Å². The lowest BCUT2D eigenvalue weighted by molar-refractivity contribution is -0.148. The number of fused-ring (bicyclic) bond motifs is 1. The van der Waals surface area contributed by atoms with Crippen molar-refractivity contribution in [1.82, 2.24) is 9.55 Å². The van der Waals surface area contributed by atoms with E-state index in [1.807, 2.05) is 0 Å². The molecule has 0 aromatic carbocycles. The second-order valence-corrected chi connectivity index (χ2v) is 6.36. The highest BCUT2D eigenvalue weighted by atomic mass is 79.9. The van der Waals surface area contributed by atoms with E-state index in [9.17, 15) is 18.3 Å². The molecule has 4 nitrogen and oxygen atoms in total. The summed E-state index contributed by atoms with van der Waals surface area (Å²) in [6.07, 6.45) is -3.23. The molecule has 3 N–H and O–H groups in total. The van der Waals surface area contributed by atoms with Crippen molar-refractivity contribution in [2.45, 2.75) is 38.2 Å². The third-order valence-corrected chi connectivity index (χ3v) is 3.41. The number of pyridine rings is 1. The molecular weight excluding hydrogens is 351 g/mol. The predicted octanol–water partition coefficient (Wildman–Crippen LogP) is 3.13. The van der Waals surface area contributed by atoms with Gasteiger partial charge in [0, 0.05) is 17.1 Å². The number of nitrogens with zero attached hydrogens (tertiary/aromatic N) is 2. The van der Waals surface area contributed by atoms with E-state index in [1.54, 1.807) is 19.9 Å². The Labute approximate surface area is 127 Å². The van der Waals surface area contributed by atoms with Crippen LogP contribution in [0.4, 0.5) is 13.2 Å². The largest absolute Gasteiger partial charge is 0.407 e. The lowest BCUT2D eigenvalue weighted by Gasteiger charge is -2.18. The molecule has 2 aromatic heterocycles. The van der Waals surface area contributed by atoms with Crippen LogP contribution in [-0.4, -0.2) is 26.4 Å². The Balaban J connectivity index is 2.63. The molecule has 2 aromatic rings. The van der Waals surface area contributed by atoms with Gasteiger partial charge in [0.15, 0.2) is 0 Å². The van der Waals surface area contributed by atoms with Gasteiger partial charge in [0.1, 0.15) is 16.3 Å². The van der Waals surface area contributed by atoms with Gasteiger partial charge >= 0.3 is 6.18 Å². The summed E-state index contributed by atoms with van der Waals surface area (Å²) < 4.78 is 40.6. The van der Waals surface area contributed by atoms with Crippen LogP contribution < -0.4 is 5.73 Å². The van der Waals surface area contributed by atoms with E-state index in [0.29, 0.717) is 15.6 Å². The van der Waals surface area contributed by atoms with Crippen LogP contribution in [0, 0.1) is 0 Å². The van der Waals surface area contributed by atoms with Gasteiger partial charge in [-0.1, -0.05) is 0 Å². The van der Waals surface area contributed by atoms with Gasteiger partial charge in [-0.2, -0.15) is 13.2 Å².